The Morgan fingerprint density at radius 3 is 2.71 bits per heavy atom. The molecule has 0 atom stereocenters. The lowest BCUT2D eigenvalue weighted by molar-refractivity contribution is -0.128. The van der Waals surface area contributed by atoms with Crippen molar-refractivity contribution in [1.82, 2.24) is 9.88 Å². The maximum atomic E-state index is 11.3. The van der Waals surface area contributed by atoms with Gasteiger partial charge in [-0.2, -0.15) is 0 Å². The molecular weight excluding hydrogens is 266 g/mol. The highest BCUT2D eigenvalue weighted by Crippen LogP contribution is 2.18. The predicted octanol–water partition coefficient (Wildman–Crippen LogP) is 2.38. The Kier molecular flexibility index (Phi) is 4.77. The van der Waals surface area contributed by atoms with Gasteiger partial charge in [0.1, 0.15) is 5.75 Å². The van der Waals surface area contributed by atoms with Crippen LogP contribution in [0, 0.1) is 0 Å². The summed E-state index contributed by atoms with van der Waals surface area (Å²) >= 11 is 0. The van der Waals surface area contributed by atoms with E-state index in [-0.39, 0.29) is 11.7 Å². The van der Waals surface area contributed by atoms with Gasteiger partial charge in [0.25, 0.3) is 0 Å². The van der Waals surface area contributed by atoms with E-state index in [1.165, 1.54) is 6.20 Å². The van der Waals surface area contributed by atoms with Crippen molar-refractivity contribution < 1.29 is 9.90 Å². The van der Waals surface area contributed by atoms with Gasteiger partial charge in [0, 0.05) is 26.2 Å². The molecule has 2 aromatic rings. The third-order valence-electron chi connectivity index (χ3n) is 3.23. The van der Waals surface area contributed by atoms with Crippen LogP contribution in [0.3, 0.4) is 0 Å². The SMILES string of the molecule is CC(=O)N(C)Cc1ccccc1NCc1ccc(O)cn1. The molecule has 0 aliphatic heterocycles. The van der Waals surface area contributed by atoms with Gasteiger partial charge in [-0.1, -0.05) is 18.2 Å². The van der Waals surface area contributed by atoms with E-state index in [9.17, 15) is 9.90 Å². The molecular formula is C16H19N3O2. The number of para-hydroxylation sites is 1. The molecule has 0 radical (unpaired) electrons. The second kappa shape index (κ2) is 6.74. The Hall–Kier alpha value is -2.56. The highest BCUT2D eigenvalue weighted by atomic mass is 16.3. The van der Waals surface area contributed by atoms with Crippen molar-refractivity contribution >= 4 is 11.6 Å². The molecule has 0 spiro atoms. The third-order valence-corrected chi connectivity index (χ3v) is 3.23. The molecule has 21 heavy (non-hydrogen) atoms. The molecule has 0 aliphatic rings. The highest BCUT2D eigenvalue weighted by Gasteiger charge is 2.07. The van der Waals surface area contributed by atoms with Crippen LogP contribution in [0.4, 0.5) is 5.69 Å². The first-order valence-corrected chi connectivity index (χ1v) is 6.73. The highest BCUT2D eigenvalue weighted by molar-refractivity contribution is 5.73. The number of carbonyl (C=O) groups excluding carboxylic acids is 1. The minimum atomic E-state index is 0.0324. The van der Waals surface area contributed by atoms with E-state index in [0.29, 0.717) is 13.1 Å². The number of carbonyl (C=O) groups is 1. The molecule has 0 unspecified atom stereocenters. The number of rotatable bonds is 5. The number of hydrogen-bond acceptors (Lipinski definition) is 4. The average Bonchev–Trinajstić information content (AvgIpc) is 2.48. The lowest BCUT2D eigenvalue weighted by Gasteiger charge is -2.18. The smallest absolute Gasteiger partial charge is 0.219 e. The summed E-state index contributed by atoms with van der Waals surface area (Å²) in [5.41, 5.74) is 2.86. The zero-order chi connectivity index (χ0) is 15.2. The number of aromatic nitrogens is 1. The van der Waals surface area contributed by atoms with Crippen LogP contribution in [0.5, 0.6) is 5.75 Å². The molecule has 0 saturated carbocycles. The maximum absolute atomic E-state index is 11.3. The Morgan fingerprint density at radius 1 is 1.29 bits per heavy atom. The van der Waals surface area contributed by atoms with Gasteiger partial charge in [-0.25, -0.2) is 0 Å². The van der Waals surface area contributed by atoms with Crippen molar-refractivity contribution in [2.45, 2.75) is 20.0 Å². The average molecular weight is 285 g/mol. The third kappa shape index (κ3) is 4.21. The minimum Gasteiger partial charge on any atom is -0.506 e. The number of aromatic hydroxyl groups is 1. The lowest BCUT2D eigenvalue weighted by Crippen LogP contribution is -2.23. The zero-order valence-corrected chi connectivity index (χ0v) is 12.2. The Labute approximate surface area is 124 Å². The lowest BCUT2D eigenvalue weighted by atomic mass is 10.1. The van der Waals surface area contributed by atoms with Crippen LogP contribution < -0.4 is 5.32 Å². The fourth-order valence-corrected chi connectivity index (χ4v) is 1.90. The van der Waals surface area contributed by atoms with Gasteiger partial charge in [-0.3, -0.25) is 9.78 Å². The zero-order valence-electron chi connectivity index (χ0n) is 12.2. The summed E-state index contributed by atoms with van der Waals surface area (Å²) in [6, 6.07) is 11.2. The van der Waals surface area contributed by atoms with E-state index in [4.69, 9.17) is 0 Å². The largest absolute Gasteiger partial charge is 0.506 e. The summed E-state index contributed by atoms with van der Waals surface area (Å²) in [6.45, 7) is 2.67. The van der Waals surface area contributed by atoms with Gasteiger partial charge in [0.2, 0.25) is 5.91 Å². The molecule has 5 heteroatoms. The number of pyridine rings is 1. The molecule has 5 nitrogen and oxygen atoms in total. The quantitative estimate of drug-likeness (QED) is 0.885. The normalized spacial score (nSPS) is 10.2. The Morgan fingerprint density at radius 2 is 2.05 bits per heavy atom. The summed E-state index contributed by atoms with van der Waals surface area (Å²) in [5, 5.41) is 12.5. The van der Waals surface area contributed by atoms with E-state index < -0.39 is 0 Å². The van der Waals surface area contributed by atoms with Gasteiger partial charge in [-0.05, 0) is 23.8 Å². The number of hydrogen-bond donors (Lipinski definition) is 2. The monoisotopic (exact) mass is 285 g/mol. The number of nitrogens with one attached hydrogen (secondary N) is 1. The summed E-state index contributed by atoms with van der Waals surface area (Å²) in [5.74, 6) is 0.187. The van der Waals surface area contributed by atoms with Crippen LogP contribution in [-0.2, 0) is 17.9 Å². The molecule has 1 aromatic carbocycles. The molecule has 1 amide bonds. The maximum Gasteiger partial charge on any atom is 0.219 e. The molecule has 1 heterocycles. The van der Waals surface area contributed by atoms with Crippen LogP contribution in [0.25, 0.3) is 0 Å². The fraction of sp³-hybridized carbons (Fsp3) is 0.250. The van der Waals surface area contributed by atoms with E-state index in [2.05, 4.69) is 10.3 Å². The second-order valence-electron chi connectivity index (χ2n) is 4.89. The number of amides is 1. The molecule has 0 aliphatic carbocycles. The standard InChI is InChI=1S/C16H19N3O2/c1-12(20)19(2)11-13-5-3-4-6-16(13)18-9-14-7-8-15(21)10-17-14/h3-8,10,18,21H,9,11H2,1-2H3. The number of nitrogens with zero attached hydrogens (tertiary/aromatic N) is 2. The molecule has 0 fully saturated rings. The van der Waals surface area contributed by atoms with Gasteiger partial charge in [-0.15, -0.1) is 0 Å². The van der Waals surface area contributed by atoms with Crippen LogP contribution >= 0.6 is 0 Å². The topological polar surface area (TPSA) is 65.5 Å². The van der Waals surface area contributed by atoms with Crippen molar-refractivity contribution in [2.24, 2.45) is 0 Å². The molecule has 110 valence electrons. The van der Waals surface area contributed by atoms with Gasteiger partial charge < -0.3 is 15.3 Å². The van der Waals surface area contributed by atoms with Crippen molar-refractivity contribution in [3.05, 3.63) is 53.9 Å². The Bertz CT molecular complexity index is 611. The van der Waals surface area contributed by atoms with E-state index in [1.807, 2.05) is 24.3 Å². The predicted molar refractivity (Wildman–Crippen MR) is 81.8 cm³/mol. The minimum absolute atomic E-state index is 0.0324. The molecule has 0 bridgehead atoms. The van der Waals surface area contributed by atoms with Crippen LogP contribution in [0.15, 0.2) is 42.6 Å². The van der Waals surface area contributed by atoms with Crippen LogP contribution in [-0.4, -0.2) is 27.9 Å². The first-order valence-electron chi connectivity index (χ1n) is 6.73. The van der Waals surface area contributed by atoms with Crippen LogP contribution in [0.1, 0.15) is 18.2 Å². The van der Waals surface area contributed by atoms with E-state index in [0.717, 1.165) is 16.9 Å². The second-order valence-corrected chi connectivity index (χ2v) is 4.89. The van der Waals surface area contributed by atoms with Crippen molar-refractivity contribution in [3.8, 4) is 5.75 Å². The summed E-state index contributed by atoms with van der Waals surface area (Å²) in [7, 11) is 1.78. The summed E-state index contributed by atoms with van der Waals surface area (Å²) in [6.07, 6.45) is 1.42. The van der Waals surface area contributed by atoms with Gasteiger partial charge in [0.15, 0.2) is 0 Å². The van der Waals surface area contributed by atoms with E-state index >= 15 is 0 Å². The first-order chi connectivity index (χ1) is 10.1. The molecule has 0 saturated heterocycles. The van der Waals surface area contributed by atoms with Crippen molar-refractivity contribution in [3.63, 3.8) is 0 Å². The number of benzene rings is 1. The molecule has 2 rings (SSSR count). The van der Waals surface area contributed by atoms with Crippen molar-refractivity contribution in [1.29, 1.82) is 0 Å². The molecule has 1 aromatic heterocycles. The fourth-order valence-electron chi connectivity index (χ4n) is 1.90. The van der Waals surface area contributed by atoms with Gasteiger partial charge >= 0.3 is 0 Å². The van der Waals surface area contributed by atoms with E-state index in [1.54, 1.807) is 31.0 Å². The number of anilines is 1. The Balaban J connectivity index is 2.06. The van der Waals surface area contributed by atoms with Crippen molar-refractivity contribution in [2.75, 3.05) is 12.4 Å². The summed E-state index contributed by atoms with van der Waals surface area (Å²) in [4.78, 5) is 17.1. The first kappa shape index (κ1) is 14.8. The van der Waals surface area contributed by atoms with Crippen LogP contribution in [0.2, 0.25) is 0 Å². The summed E-state index contributed by atoms with van der Waals surface area (Å²) < 4.78 is 0. The van der Waals surface area contributed by atoms with Gasteiger partial charge in [0.05, 0.1) is 18.4 Å². The molecule has 2 N–H and O–H groups in total.